The summed E-state index contributed by atoms with van der Waals surface area (Å²) in [7, 11) is 0. The summed E-state index contributed by atoms with van der Waals surface area (Å²) in [6.45, 7) is -0.0492. The predicted octanol–water partition coefficient (Wildman–Crippen LogP) is 2.39. The van der Waals surface area contributed by atoms with Crippen LogP contribution in [0.15, 0.2) is 48.5 Å². The van der Waals surface area contributed by atoms with E-state index < -0.39 is 0 Å². The van der Waals surface area contributed by atoms with Crippen LogP contribution < -0.4 is 9.64 Å². The SMILES string of the molecule is N#CCOc1ccc(N2C(=O)c3ccccc3C2=O)cc1. The molecular formula is C16H10N2O3. The number of anilines is 1. The van der Waals surface area contributed by atoms with Crippen LogP contribution in [0.5, 0.6) is 5.75 Å². The number of fused-ring (bicyclic) bond motifs is 1. The zero-order valence-corrected chi connectivity index (χ0v) is 10.9. The van der Waals surface area contributed by atoms with E-state index >= 15 is 0 Å². The van der Waals surface area contributed by atoms with Crippen molar-refractivity contribution in [3.63, 3.8) is 0 Å². The predicted molar refractivity (Wildman–Crippen MR) is 75.1 cm³/mol. The standard InChI is InChI=1S/C16H10N2O3/c17-9-10-21-12-7-5-11(6-8-12)18-15(19)13-3-1-2-4-14(13)16(18)20/h1-8H,10H2. The topological polar surface area (TPSA) is 70.4 Å². The molecule has 2 aromatic carbocycles. The summed E-state index contributed by atoms with van der Waals surface area (Å²) in [5.41, 5.74) is 1.30. The highest BCUT2D eigenvalue weighted by Crippen LogP contribution is 2.29. The van der Waals surface area contributed by atoms with E-state index in [-0.39, 0.29) is 18.4 Å². The molecule has 5 nitrogen and oxygen atoms in total. The zero-order valence-electron chi connectivity index (χ0n) is 10.9. The number of carbonyl (C=O) groups is 2. The minimum Gasteiger partial charge on any atom is -0.479 e. The highest BCUT2D eigenvalue weighted by Gasteiger charge is 2.36. The smallest absolute Gasteiger partial charge is 0.266 e. The largest absolute Gasteiger partial charge is 0.479 e. The Morgan fingerprint density at radius 1 is 0.952 bits per heavy atom. The summed E-state index contributed by atoms with van der Waals surface area (Å²) in [4.78, 5) is 25.7. The molecule has 3 rings (SSSR count). The number of imide groups is 1. The fraction of sp³-hybridized carbons (Fsp3) is 0.0625. The molecule has 0 bridgehead atoms. The van der Waals surface area contributed by atoms with Gasteiger partial charge in [0.25, 0.3) is 11.8 Å². The monoisotopic (exact) mass is 278 g/mol. The normalized spacial score (nSPS) is 13.0. The van der Waals surface area contributed by atoms with Crippen LogP contribution in [0.3, 0.4) is 0 Å². The van der Waals surface area contributed by atoms with Gasteiger partial charge in [-0.15, -0.1) is 0 Å². The average molecular weight is 278 g/mol. The number of carbonyl (C=O) groups excluding carboxylic acids is 2. The van der Waals surface area contributed by atoms with Gasteiger partial charge in [-0.05, 0) is 36.4 Å². The second-order valence-electron chi connectivity index (χ2n) is 4.43. The highest BCUT2D eigenvalue weighted by atomic mass is 16.5. The first-order valence-electron chi connectivity index (χ1n) is 6.30. The van der Waals surface area contributed by atoms with E-state index in [0.717, 1.165) is 4.90 Å². The number of rotatable bonds is 3. The number of ether oxygens (including phenoxy) is 1. The molecule has 0 spiro atoms. The Hall–Kier alpha value is -3.13. The first kappa shape index (κ1) is 12.9. The summed E-state index contributed by atoms with van der Waals surface area (Å²) < 4.78 is 5.14. The van der Waals surface area contributed by atoms with Gasteiger partial charge in [-0.1, -0.05) is 12.1 Å². The molecule has 2 aromatic rings. The maximum absolute atomic E-state index is 12.3. The summed E-state index contributed by atoms with van der Waals surface area (Å²) in [6.07, 6.45) is 0. The third-order valence-corrected chi connectivity index (χ3v) is 3.19. The van der Waals surface area contributed by atoms with E-state index in [1.54, 1.807) is 48.5 Å². The van der Waals surface area contributed by atoms with Gasteiger partial charge in [0.2, 0.25) is 0 Å². The molecule has 1 heterocycles. The third kappa shape index (κ3) is 2.13. The van der Waals surface area contributed by atoms with Crippen molar-refractivity contribution < 1.29 is 14.3 Å². The Bertz CT molecular complexity index is 725. The Kier molecular flexibility index (Phi) is 3.13. The van der Waals surface area contributed by atoms with E-state index in [1.165, 1.54) is 0 Å². The van der Waals surface area contributed by atoms with E-state index in [2.05, 4.69) is 0 Å². The lowest BCUT2D eigenvalue weighted by molar-refractivity contribution is 0.0926. The first-order valence-corrected chi connectivity index (χ1v) is 6.30. The zero-order chi connectivity index (χ0) is 14.8. The van der Waals surface area contributed by atoms with Gasteiger partial charge in [0.1, 0.15) is 11.8 Å². The highest BCUT2D eigenvalue weighted by molar-refractivity contribution is 6.34. The number of hydrogen-bond acceptors (Lipinski definition) is 4. The summed E-state index contributed by atoms with van der Waals surface area (Å²) in [5, 5.41) is 8.45. The molecular weight excluding hydrogens is 268 g/mol. The molecule has 1 aliphatic rings. The molecule has 0 atom stereocenters. The van der Waals surface area contributed by atoms with E-state index in [0.29, 0.717) is 22.6 Å². The summed E-state index contributed by atoms with van der Waals surface area (Å²) >= 11 is 0. The third-order valence-electron chi connectivity index (χ3n) is 3.19. The van der Waals surface area contributed by atoms with E-state index in [1.807, 2.05) is 6.07 Å². The van der Waals surface area contributed by atoms with Crippen LogP contribution in [0.1, 0.15) is 20.7 Å². The van der Waals surface area contributed by atoms with Crippen LogP contribution in [-0.2, 0) is 0 Å². The van der Waals surface area contributed by atoms with E-state index in [9.17, 15) is 9.59 Å². The van der Waals surface area contributed by atoms with Crippen molar-refractivity contribution in [2.75, 3.05) is 11.5 Å². The second kappa shape index (κ2) is 5.10. The number of amides is 2. The lowest BCUT2D eigenvalue weighted by Crippen LogP contribution is -2.29. The van der Waals surface area contributed by atoms with Gasteiger partial charge >= 0.3 is 0 Å². The van der Waals surface area contributed by atoms with Crippen molar-refractivity contribution in [1.29, 1.82) is 5.26 Å². The molecule has 21 heavy (non-hydrogen) atoms. The van der Waals surface area contributed by atoms with Gasteiger partial charge < -0.3 is 4.74 Å². The summed E-state index contributed by atoms with van der Waals surface area (Å²) in [6, 6.07) is 15.1. The number of nitrogens with zero attached hydrogens (tertiary/aromatic N) is 2. The molecule has 0 N–H and O–H groups in total. The fourth-order valence-corrected chi connectivity index (χ4v) is 2.23. The second-order valence-corrected chi connectivity index (χ2v) is 4.43. The Morgan fingerprint density at radius 2 is 1.52 bits per heavy atom. The van der Waals surface area contributed by atoms with Crippen LogP contribution in [0, 0.1) is 11.3 Å². The maximum Gasteiger partial charge on any atom is 0.266 e. The van der Waals surface area contributed by atoms with Crippen LogP contribution in [0.4, 0.5) is 5.69 Å². The molecule has 0 saturated carbocycles. The van der Waals surface area contributed by atoms with Crippen LogP contribution >= 0.6 is 0 Å². The molecule has 0 unspecified atom stereocenters. The molecule has 0 fully saturated rings. The number of nitriles is 1. The Balaban J connectivity index is 1.91. The minimum atomic E-state index is -0.332. The van der Waals surface area contributed by atoms with Gasteiger partial charge in [0, 0.05) is 0 Å². The van der Waals surface area contributed by atoms with Gasteiger partial charge in [0.15, 0.2) is 6.61 Å². The molecule has 1 aliphatic heterocycles. The van der Waals surface area contributed by atoms with Crippen molar-refractivity contribution in [2.24, 2.45) is 0 Å². The molecule has 102 valence electrons. The van der Waals surface area contributed by atoms with Gasteiger partial charge in [-0.25, -0.2) is 4.90 Å². The Labute approximate surface area is 121 Å². The molecule has 5 heteroatoms. The number of benzene rings is 2. The molecule has 0 saturated heterocycles. The first-order chi connectivity index (χ1) is 10.2. The van der Waals surface area contributed by atoms with Crippen molar-refractivity contribution in [3.05, 3.63) is 59.7 Å². The maximum atomic E-state index is 12.3. The van der Waals surface area contributed by atoms with Crippen molar-refractivity contribution in [3.8, 4) is 11.8 Å². The van der Waals surface area contributed by atoms with Crippen molar-refractivity contribution in [2.45, 2.75) is 0 Å². The van der Waals surface area contributed by atoms with Crippen molar-refractivity contribution in [1.82, 2.24) is 0 Å². The molecule has 0 aliphatic carbocycles. The molecule has 2 amide bonds. The van der Waals surface area contributed by atoms with Gasteiger partial charge in [-0.2, -0.15) is 5.26 Å². The number of hydrogen-bond donors (Lipinski definition) is 0. The molecule has 0 radical (unpaired) electrons. The average Bonchev–Trinajstić information content (AvgIpc) is 2.78. The van der Waals surface area contributed by atoms with Crippen LogP contribution in [-0.4, -0.2) is 18.4 Å². The lowest BCUT2D eigenvalue weighted by Gasteiger charge is -2.14. The van der Waals surface area contributed by atoms with Gasteiger partial charge in [-0.3, -0.25) is 9.59 Å². The summed E-state index contributed by atoms with van der Waals surface area (Å²) in [5.74, 6) is -0.153. The van der Waals surface area contributed by atoms with Crippen LogP contribution in [0.2, 0.25) is 0 Å². The molecule has 0 aromatic heterocycles. The van der Waals surface area contributed by atoms with Crippen LogP contribution in [0.25, 0.3) is 0 Å². The van der Waals surface area contributed by atoms with Crippen molar-refractivity contribution >= 4 is 17.5 Å². The quantitative estimate of drug-likeness (QED) is 0.808. The van der Waals surface area contributed by atoms with Gasteiger partial charge in [0.05, 0.1) is 16.8 Å². The lowest BCUT2D eigenvalue weighted by atomic mass is 10.1. The Morgan fingerprint density at radius 3 is 2.05 bits per heavy atom. The van der Waals surface area contributed by atoms with E-state index in [4.69, 9.17) is 10.00 Å². The fourth-order valence-electron chi connectivity index (χ4n) is 2.23. The minimum absolute atomic E-state index is 0.0492.